The molecule has 0 fully saturated rings. The van der Waals surface area contributed by atoms with Crippen molar-refractivity contribution in [3.63, 3.8) is 0 Å². The van der Waals surface area contributed by atoms with Gasteiger partial charge in [-0.1, -0.05) is 18.2 Å². The van der Waals surface area contributed by atoms with E-state index in [2.05, 4.69) is 4.98 Å². The molecule has 3 aromatic carbocycles. The third-order valence-corrected chi connectivity index (χ3v) is 8.08. The first-order valence-corrected chi connectivity index (χ1v) is 14.7. The number of fused-ring (bicyclic) bond motifs is 4. The molecule has 15 heteroatoms. The Kier molecular flexibility index (Phi) is 10.8. The maximum atomic E-state index is 12.1. The van der Waals surface area contributed by atoms with Crippen LogP contribution < -0.4 is 68.8 Å². The minimum absolute atomic E-state index is 0. The van der Waals surface area contributed by atoms with E-state index in [1.807, 2.05) is 28.8 Å². The number of para-hydroxylation sites is 1. The number of rotatable bonds is 9. The van der Waals surface area contributed by atoms with Gasteiger partial charge >= 0.3 is 59.1 Å². The molecule has 0 radical (unpaired) electrons. The number of carbonyl (C=O) groups excluding carboxylic acids is 1. The number of pyridine rings is 1. The Morgan fingerprint density at radius 2 is 1.61 bits per heavy atom. The molecule has 11 nitrogen and oxygen atoms in total. The van der Waals surface area contributed by atoms with Crippen LogP contribution in [0.2, 0.25) is 0 Å². The summed E-state index contributed by atoms with van der Waals surface area (Å²) in [5.74, 6) is -1.03. The molecule has 0 atom stereocenters. The van der Waals surface area contributed by atoms with Gasteiger partial charge in [-0.05, 0) is 48.9 Å². The molecule has 0 saturated heterocycles. The number of carboxylic acids is 1. The topological polar surface area (TPSA) is 184 Å². The zero-order chi connectivity index (χ0) is 27.9. The SMILES string of the molecule is O=C([O-])CCCCC[n+]1ccc(-c2nc3c(o2)c(S(=O)(=O)[O-])cc2cc(S(=O)(=O)[O-])ccc23)c2ccccc21.[Na+].[Na+]. The molecule has 41 heavy (non-hydrogen) atoms. The summed E-state index contributed by atoms with van der Waals surface area (Å²) in [4.78, 5) is 13.8. The van der Waals surface area contributed by atoms with Crippen LogP contribution in [0.15, 0.2) is 75.0 Å². The van der Waals surface area contributed by atoms with Crippen molar-refractivity contribution in [3.05, 3.63) is 60.8 Å². The average Bonchev–Trinajstić information content (AvgIpc) is 3.31. The summed E-state index contributed by atoms with van der Waals surface area (Å²) in [7, 11) is -9.89. The Balaban J connectivity index is 0.00000231. The van der Waals surface area contributed by atoms with Crippen LogP contribution >= 0.6 is 0 Å². The molecule has 5 aromatic rings. The minimum Gasteiger partial charge on any atom is -0.744 e. The predicted octanol–water partition coefficient (Wildman–Crippen LogP) is -3.78. The van der Waals surface area contributed by atoms with E-state index in [1.165, 1.54) is 6.07 Å². The zero-order valence-electron chi connectivity index (χ0n) is 22.2. The molecule has 2 heterocycles. The fourth-order valence-corrected chi connectivity index (χ4v) is 5.75. The number of carbonyl (C=O) groups is 1. The van der Waals surface area contributed by atoms with E-state index in [4.69, 9.17) is 4.42 Å². The zero-order valence-corrected chi connectivity index (χ0v) is 27.8. The molecule has 0 N–H and O–H groups in total. The average molecular weight is 615 g/mol. The fraction of sp³-hybridized carbons (Fsp3) is 0.192. The number of unbranched alkanes of at least 4 members (excludes halogenated alkanes) is 2. The van der Waals surface area contributed by atoms with Gasteiger partial charge in [0.25, 0.3) is 0 Å². The van der Waals surface area contributed by atoms with Crippen LogP contribution in [0.1, 0.15) is 25.7 Å². The fourth-order valence-electron chi connectivity index (χ4n) is 4.60. The van der Waals surface area contributed by atoms with Gasteiger partial charge in [0.15, 0.2) is 11.8 Å². The van der Waals surface area contributed by atoms with E-state index in [0.717, 1.165) is 35.5 Å². The molecule has 0 bridgehead atoms. The summed E-state index contributed by atoms with van der Waals surface area (Å²) in [6, 6.07) is 13.5. The van der Waals surface area contributed by atoms with Gasteiger partial charge in [-0.25, -0.2) is 21.8 Å². The van der Waals surface area contributed by atoms with E-state index < -0.39 is 36.0 Å². The van der Waals surface area contributed by atoms with Crippen molar-refractivity contribution in [3.8, 4) is 11.5 Å². The number of aromatic nitrogens is 2. The Hall–Kier alpha value is -1.91. The van der Waals surface area contributed by atoms with Gasteiger partial charge in [-0.2, -0.15) is 4.57 Å². The summed E-state index contributed by atoms with van der Waals surface area (Å²) in [6.07, 6.45) is 3.77. The standard InChI is InChI=1S/C26H22N2O9S2.2Na/c29-23(30)8-2-1-5-12-28-13-11-20(19-6-3-4-7-21(19)28)26-27-24-18-10-9-17(38(31,32)33)14-16(18)15-22(25(24)37-26)39(34,35)36;;/h3-4,6-7,9-11,13-15H,1-2,5,8,12H2,(H2-,29,30,31,32,33,34,35,36);;/q;2*+1/p-2. The maximum absolute atomic E-state index is 12.1. The first kappa shape index (κ1) is 33.6. The Labute approximate surface area is 279 Å². The molecule has 0 aliphatic rings. The molecule has 0 aliphatic heterocycles. The van der Waals surface area contributed by atoms with Crippen LogP contribution in [0.25, 0.3) is 44.2 Å². The van der Waals surface area contributed by atoms with Crippen LogP contribution in [-0.2, 0) is 31.6 Å². The number of aliphatic carboxylic acids is 1. The molecule has 0 spiro atoms. The van der Waals surface area contributed by atoms with Crippen molar-refractivity contribution in [2.24, 2.45) is 0 Å². The van der Waals surface area contributed by atoms with E-state index in [9.17, 15) is 35.8 Å². The normalized spacial score (nSPS) is 11.9. The third kappa shape index (κ3) is 7.19. The van der Waals surface area contributed by atoms with Gasteiger partial charge < -0.3 is 23.4 Å². The van der Waals surface area contributed by atoms with Gasteiger partial charge in [-0.15, -0.1) is 0 Å². The van der Waals surface area contributed by atoms with Gasteiger partial charge in [0.1, 0.15) is 32.3 Å². The molecule has 2 aromatic heterocycles. The second kappa shape index (κ2) is 13.2. The van der Waals surface area contributed by atoms with Crippen molar-refractivity contribution in [1.82, 2.24) is 4.98 Å². The number of benzene rings is 3. The van der Waals surface area contributed by atoms with Crippen molar-refractivity contribution >= 4 is 59.0 Å². The summed E-state index contributed by atoms with van der Waals surface area (Å²) < 4.78 is 78.6. The van der Waals surface area contributed by atoms with E-state index >= 15 is 0 Å². The van der Waals surface area contributed by atoms with E-state index in [0.29, 0.717) is 30.3 Å². The molecule has 0 unspecified atom stereocenters. The number of carboxylic acid groups (broad SMARTS) is 1. The Bertz CT molecular complexity index is 1990. The van der Waals surface area contributed by atoms with Gasteiger partial charge in [0, 0.05) is 29.9 Å². The largest absolute Gasteiger partial charge is 1.00 e. The van der Waals surface area contributed by atoms with Crippen LogP contribution in [0.3, 0.4) is 0 Å². The third-order valence-electron chi connectivity index (χ3n) is 6.41. The van der Waals surface area contributed by atoms with Crippen molar-refractivity contribution < 1.29 is 104 Å². The second-order valence-electron chi connectivity index (χ2n) is 8.99. The minimum atomic E-state index is -5.06. The monoisotopic (exact) mass is 614 g/mol. The number of aryl methyl sites for hydroxylation is 1. The van der Waals surface area contributed by atoms with Crippen molar-refractivity contribution in [2.75, 3.05) is 0 Å². The smallest absolute Gasteiger partial charge is 0.744 e. The molecule has 0 aliphatic carbocycles. The van der Waals surface area contributed by atoms with Crippen LogP contribution in [0.5, 0.6) is 0 Å². The van der Waals surface area contributed by atoms with E-state index in [1.54, 1.807) is 12.3 Å². The summed E-state index contributed by atoms with van der Waals surface area (Å²) in [5, 5.41) is 11.7. The van der Waals surface area contributed by atoms with E-state index in [-0.39, 0.29) is 87.9 Å². The molecular formula is C26H20N2Na2O9S2. The van der Waals surface area contributed by atoms with Gasteiger partial charge in [0.05, 0.1) is 20.7 Å². The number of hydrogen-bond acceptors (Lipinski definition) is 10. The molecule has 0 amide bonds. The first-order chi connectivity index (χ1) is 18.4. The number of hydrogen-bond donors (Lipinski definition) is 0. The van der Waals surface area contributed by atoms with Crippen molar-refractivity contribution in [1.29, 1.82) is 0 Å². The molecule has 5 rings (SSSR count). The first-order valence-electron chi connectivity index (χ1n) is 11.8. The number of nitrogens with zero attached hydrogens (tertiary/aromatic N) is 2. The number of oxazole rings is 1. The predicted molar refractivity (Wildman–Crippen MR) is 134 cm³/mol. The summed E-state index contributed by atoms with van der Waals surface area (Å²) in [6.45, 7) is 0.621. The quantitative estimate of drug-likeness (QED) is 0.0691. The van der Waals surface area contributed by atoms with Crippen LogP contribution in [-0.4, -0.2) is 36.9 Å². The maximum Gasteiger partial charge on any atom is 1.00 e. The second-order valence-corrected chi connectivity index (χ2v) is 11.7. The molecular weight excluding hydrogens is 594 g/mol. The summed E-state index contributed by atoms with van der Waals surface area (Å²) in [5.41, 5.74) is 1.10. The van der Waals surface area contributed by atoms with Gasteiger partial charge in [0.2, 0.25) is 11.4 Å². The molecule has 202 valence electrons. The Morgan fingerprint density at radius 1 is 0.878 bits per heavy atom. The summed E-state index contributed by atoms with van der Waals surface area (Å²) >= 11 is 0. The Morgan fingerprint density at radius 3 is 2.29 bits per heavy atom. The van der Waals surface area contributed by atoms with Crippen LogP contribution in [0, 0.1) is 0 Å². The molecule has 0 saturated carbocycles. The van der Waals surface area contributed by atoms with Crippen LogP contribution in [0.4, 0.5) is 0 Å². The van der Waals surface area contributed by atoms with Crippen molar-refractivity contribution in [2.45, 2.75) is 42.0 Å². The van der Waals surface area contributed by atoms with Gasteiger partial charge in [-0.3, -0.25) is 0 Å².